The summed E-state index contributed by atoms with van der Waals surface area (Å²) in [6.07, 6.45) is 5.98. The van der Waals surface area contributed by atoms with Crippen molar-refractivity contribution in [1.82, 2.24) is 0 Å². The Kier molecular flexibility index (Phi) is 12.4. The lowest BCUT2D eigenvalue weighted by Gasteiger charge is -1.72. The second-order valence-corrected chi connectivity index (χ2v) is 1.45. The lowest BCUT2D eigenvalue weighted by atomic mass is 10.4. The van der Waals surface area contributed by atoms with Crippen LogP contribution in [-0.4, -0.2) is 11.1 Å². The van der Waals surface area contributed by atoms with E-state index in [4.69, 9.17) is 10.4 Å². The van der Waals surface area contributed by atoms with Crippen molar-refractivity contribution in [1.29, 1.82) is 5.26 Å². The smallest absolute Gasteiger partial charge is 0.328 e. The first-order valence-electron chi connectivity index (χ1n) is 3.02. The van der Waals surface area contributed by atoms with Gasteiger partial charge in [-0.25, -0.2) is 4.79 Å². The monoisotopic (exact) mass is 153 g/mol. The van der Waals surface area contributed by atoms with Gasteiger partial charge in [0, 0.05) is 13.0 Å². The third-order valence-corrected chi connectivity index (χ3v) is 0.542. The third-order valence-electron chi connectivity index (χ3n) is 0.542. The number of hydrogen-bond donors (Lipinski definition) is 1. The van der Waals surface area contributed by atoms with Crippen molar-refractivity contribution in [2.75, 3.05) is 0 Å². The first-order chi connectivity index (χ1) is 5.18. The van der Waals surface area contributed by atoms with Crippen LogP contribution in [0.15, 0.2) is 24.3 Å². The number of hydrogen-bond acceptors (Lipinski definition) is 2. The number of carboxylic acid groups (broad SMARTS) is 1. The van der Waals surface area contributed by atoms with E-state index in [9.17, 15) is 4.79 Å². The Morgan fingerprint density at radius 1 is 1.55 bits per heavy atom. The highest BCUT2D eigenvalue weighted by Crippen LogP contribution is 1.74. The first kappa shape index (κ1) is 12.1. The van der Waals surface area contributed by atoms with E-state index in [2.05, 4.69) is 0 Å². The molecule has 0 aliphatic heterocycles. The maximum atomic E-state index is 9.75. The molecule has 3 nitrogen and oxygen atoms in total. The molecule has 0 fully saturated rings. The zero-order valence-corrected chi connectivity index (χ0v) is 6.61. The maximum Gasteiger partial charge on any atom is 0.328 e. The van der Waals surface area contributed by atoms with Crippen molar-refractivity contribution < 1.29 is 9.90 Å². The van der Waals surface area contributed by atoms with Gasteiger partial charge in [-0.3, -0.25) is 0 Å². The minimum atomic E-state index is -0.914. The molecule has 0 aromatic rings. The highest BCUT2D eigenvalue weighted by Gasteiger charge is 1.78. The second-order valence-electron chi connectivity index (χ2n) is 1.45. The largest absolute Gasteiger partial charge is 0.478 e. The van der Waals surface area contributed by atoms with E-state index < -0.39 is 5.97 Å². The summed E-state index contributed by atoms with van der Waals surface area (Å²) in [4.78, 5) is 9.75. The van der Waals surface area contributed by atoms with E-state index >= 15 is 0 Å². The second kappa shape index (κ2) is 11.3. The number of carboxylic acids is 1. The van der Waals surface area contributed by atoms with Crippen molar-refractivity contribution in [2.24, 2.45) is 0 Å². The fourth-order valence-corrected chi connectivity index (χ4v) is 0.249. The highest BCUT2D eigenvalue weighted by molar-refractivity contribution is 5.80. The van der Waals surface area contributed by atoms with Crippen LogP contribution in [0.3, 0.4) is 0 Å². The van der Waals surface area contributed by atoms with Gasteiger partial charge in [-0.1, -0.05) is 18.2 Å². The SMILES string of the molecule is C/C=C/C=C/C(=O)O.CC#N. The maximum absolute atomic E-state index is 9.75. The zero-order chi connectivity index (χ0) is 9.11. The van der Waals surface area contributed by atoms with Crippen molar-refractivity contribution >= 4 is 5.97 Å². The van der Waals surface area contributed by atoms with E-state index in [1.807, 2.05) is 6.92 Å². The standard InChI is InChI=1S/C6H8O2.C2H3N/c1-2-3-4-5-6(7)8;1-2-3/h2-5H,1H3,(H,7,8);1H3/b3-2+,5-4+;. The van der Waals surface area contributed by atoms with Crippen molar-refractivity contribution in [3.8, 4) is 6.07 Å². The number of aliphatic carboxylic acids is 1. The summed E-state index contributed by atoms with van der Waals surface area (Å²) in [6, 6.07) is 1.75. The van der Waals surface area contributed by atoms with Gasteiger partial charge in [0.05, 0.1) is 6.07 Å². The fraction of sp³-hybridized carbons (Fsp3) is 0.250. The van der Waals surface area contributed by atoms with Crippen LogP contribution in [0.2, 0.25) is 0 Å². The molecule has 1 N–H and O–H groups in total. The molecule has 0 amide bonds. The van der Waals surface area contributed by atoms with E-state index in [-0.39, 0.29) is 0 Å². The van der Waals surface area contributed by atoms with Gasteiger partial charge in [0.2, 0.25) is 0 Å². The van der Waals surface area contributed by atoms with Gasteiger partial charge >= 0.3 is 5.97 Å². The van der Waals surface area contributed by atoms with Crippen LogP contribution < -0.4 is 0 Å². The van der Waals surface area contributed by atoms with Gasteiger partial charge in [-0.15, -0.1) is 0 Å². The predicted molar refractivity (Wildman–Crippen MR) is 42.9 cm³/mol. The Labute approximate surface area is 66.3 Å². The quantitative estimate of drug-likeness (QED) is 0.485. The minimum absolute atomic E-state index is 0.914. The lowest BCUT2D eigenvalue weighted by molar-refractivity contribution is -0.131. The Hall–Kier alpha value is -1.56. The topological polar surface area (TPSA) is 61.1 Å². The molecule has 0 radical (unpaired) electrons. The molecular formula is C8H11NO2. The lowest BCUT2D eigenvalue weighted by Crippen LogP contribution is -1.83. The van der Waals surface area contributed by atoms with Crippen LogP contribution in [-0.2, 0) is 4.79 Å². The summed E-state index contributed by atoms with van der Waals surface area (Å²) >= 11 is 0. The van der Waals surface area contributed by atoms with E-state index in [0.717, 1.165) is 6.08 Å². The van der Waals surface area contributed by atoms with E-state index in [0.29, 0.717) is 0 Å². The Balaban J connectivity index is 0. The van der Waals surface area contributed by atoms with E-state index in [1.54, 1.807) is 18.2 Å². The summed E-state index contributed by atoms with van der Waals surface area (Å²) in [5, 5.41) is 15.3. The van der Waals surface area contributed by atoms with Gasteiger partial charge in [0.15, 0.2) is 0 Å². The van der Waals surface area contributed by atoms with Gasteiger partial charge < -0.3 is 5.11 Å². The van der Waals surface area contributed by atoms with Crippen LogP contribution in [0, 0.1) is 11.3 Å². The average molecular weight is 153 g/mol. The third kappa shape index (κ3) is 29.6. The van der Waals surface area contributed by atoms with Gasteiger partial charge in [0.25, 0.3) is 0 Å². The van der Waals surface area contributed by atoms with Crippen LogP contribution in [0.5, 0.6) is 0 Å². The van der Waals surface area contributed by atoms with Crippen LogP contribution in [0.4, 0.5) is 0 Å². The molecule has 0 spiro atoms. The number of nitriles is 1. The summed E-state index contributed by atoms with van der Waals surface area (Å²) < 4.78 is 0. The molecule has 0 unspecified atom stereocenters. The van der Waals surface area contributed by atoms with Gasteiger partial charge in [0.1, 0.15) is 0 Å². The number of rotatable bonds is 2. The van der Waals surface area contributed by atoms with Gasteiger partial charge in [-0.05, 0) is 6.92 Å². The molecular weight excluding hydrogens is 142 g/mol. The van der Waals surface area contributed by atoms with E-state index in [1.165, 1.54) is 13.0 Å². The summed E-state index contributed by atoms with van der Waals surface area (Å²) in [7, 11) is 0. The Bertz CT molecular complexity index is 187. The van der Waals surface area contributed by atoms with Crippen LogP contribution in [0.1, 0.15) is 13.8 Å². The molecule has 0 aromatic carbocycles. The molecule has 0 bridgehead atoms. The summed E-state index contributed by atoms with van der Waals surface area (Å²) in [5.41, 5.74) is 0. The van der Waals surface area contributed by atoms with Crippen LogP contribution >= 0.6 is 0 Å². The Morgan fingerprint density at radius 2 is 2.00 bits per heavy atom. The number of nitrogens with zero attached hydrogens (tertiary/aromatic N) is 1. The fourth-order valence-electron chi connectivity index (χ4n) is 0.249. The molecule has 0 saturated carbocycles. The molecule has 3 heteroatoms. The van der Waals surface area contributed by atoms with Crippen molar-refractivity contribution in [3.63, 3.8) is 0 Å². The molecule has 0 rings (SSSR count). The molecule has 11 heavy (non-hydrogen) atoms. The Morgan fingerprint density at radius 3 is 2.27 bits per heavy atom. The number of carbonyl (C=O) groups is 1. The molecule has 0 heterocycles. The average Bonchev–Trinajstić information content (AvgIpc) is 1.89. The molecule has 60 valence electrons. The number of allylic oxidation sites excluding steroid dienone is 3. The highest BCUT2D eigenvalue weighted by atomic mass is 16.4. The van der Waals surface area contributed by atoms with Gasteiger partial charge in [-0.2, -0.15) is 5.26 Å². The molecule has 0 atom stereocenters. The molecule has 0 aliphatic carbocycles. The normalized spacial score (nSPS) is 8.82. The predicted octanol–water partition coefficient (Wildman–Crippen LogP) is 1.73. The summed E-state index contributed by atoms with van der Waals surface area (Å²) in [5.74, 6) is -0.914. The molecule has 0 aromatic heterocycles. The minimum Gasteiger partial charge on any atom is -0.478 e. The van der Waals surface area contributed by atoms with Crippen molar-refractivity contribution in [2.45, 2.75) is 13.8 Å². The van der Waals surface area contributed by atoms with Crippen molar-refractivity contribution in [3.05, 3.63) is 24.3 Å². The molecule has 0 aliphatic rings. The zero-order valence-electron chi connectivity index (χ0n) is 6.61. The molecule has 0 saturated heterocycles. The van der Waals surface area contributed by atoms with Crippen LogP contribution in [0.25, 0.3) is 0 Å². The first-order valence-corrected chi connectivity index (χ1v) is 3.02. The summed E-state index contributed by atoms with van der Waals surface area (Å²) in [6.45, 7) is 3.26.